The van der Waals surface area contributed by atoms with E-state index < -0.39 is 0 Å². The third-order valence-corrected chi connectivity index (χ3v) is 10.7. The van der Waals surface area contributed by atoms with Crippen LogP contribution < -0.4 is 9.47 Å². The quantitative estimate of drug-likeness (QED) is 0.0476. The summed E-state index contributed by atoms with van der Waals surface area (Å²) in [6.07, 6.45) is 21.0. The molecule has 258 valence electrons. The summed E-state index contributed by atoms with van der Waals surface area (Å²) in [4.78, 5) is 0. The molecule has 0 unspecified atom stereocenters. The third-order valence-electron chi connectivity index (χ3n) is 10.7. The first-order chi connectivity index (χ1) is 23.4. The Kier molecular flexibility index (Phi) is 13.5. The van der Waals surface area contributed by atoms with Crippen LogP contribution in [0.25, 0.3) is 43.1 Å². The van der Waals surface area contributed by atoms with E-state index in [1.165, 1.54) is 155 Å². The molecule has 5 aromatic carbocycles. The van der Waals surface area contributed by atoms with Crippen molar-refractivity contribution in [3.63, 3.8) is 0 Å². The second-order valence-corrected chi connectivity index (χ2v) is 14.5. The van der Waals surface area contributed by atoms with Gasteiger partial charge in [-0.15, -0.1) is 0 Å². The maximum atomic E-state index is 6.39. The fourth-order valence-electron chi connectivity index (χ4n) is 7.90. The van der Waals surface area contributed by atoms with Gasteiger partial charge in [0.15, 0.2) is 0 Å². The summed E-state index contributed by atoms with van der Waals surface area (Å²) >= 11 is 0. The van der Waals surface area contributed by atoms with Crippen LogP contribution in [0.5, 0.6) is 11.5 Å². The zero-order valence-corrected chi connectivity index (χ0v) is 31.2. The molecule has 2 heteroatoms. The highest BCUT2D eigenvalue weighted by atomic mass is 16.5. The van der Waals surface area contributed by atoms with Crippen molar-refractivity contribution in [2.75, 3.05) is 13.2 Å². The van der Waals surface area contributed by atoms with E-state index in [-0.39, 0.29) is 0 Å². The Balaban J connectivity index is 1.37. The number of aryl methyl sites for hydroxylation is 4. The van der Waals surface area contributed by atoms with Gasteiger partial charge in [-0.2, -0.15) is 0 Å². The number of fused-ring (bicyclic) bond motifs is 6. The van der Waals surface area contributed by atoms with Gasteiger partial charge >= 0.3 is 0 Å². The van der Waals surface area contributed by atoms with Gasteiger partial charge in [0.05, 0.1) is 13.2 Å². The third kappa shape index (κ3) is 8.66. The van der Waals surface area contributed by atoms with Crippen LogP contribution in [0.3, 0.4) is 0 Å². The molecule has 0 aliphatic heterocycles. The summed E-state index contributed by atoms with van der Waals surface area (Å²) < 4.78 is 12.8. The molecule has 0 aromatic heterocycles. The van der Waals surface area contributed by atoms with Crippen LogP contribution in [0.15, 0.2) is 48.5 Å². The van der Waals surface area contributed by atoms with Crippen molar-refractivity contribution < 1.29 is 9.47 Å². The number of benzene rings is 5. The molecule has 0 aliphatic carbocycles. The first-order valence-electron chi connectivity index (χ1n) is 19.5. The van der Waals surface area contributed by atoms with Gasteiger partial charge in [0.2, 0.25) is 0 Å². The molecule has 0 aliphatic rings. The highest BCUT2D eigenvalue weighted by Crippen LogP contribution is 2.42. The SMILES string of the molecule is CCCCCCCCCCOc1cc(C)c2ccc3c(C)c4c(ccc5c(C)cc(OCCCCCCCCCC)cc54)c(C)c3c2c1. The predicted octanol–water partition coefficient (Wildman–Crippen LogP) is 14.6. The maximum absolute atomic E-state index is 6.39. The lowest BCUT2D eigenvalue weighted by Crippen LogP contribution is -1.99. The van der Waals surface area contributed by atoms with Gasteiger partial charge in [-0.05, 0) is 130 Å². The van der Waals surface area contributed by atoms with Crippen molar-refractivity contribution in [2.45, 2.75) is 144 Å². The van der Waals surface area contributed by atoms with Crippen LogP contribution in [0.4, 0.5) is 0 Å². The highest BCUT2D eigenvalue weighted by molar-refractivity contribution is 6.22. The minimum absolute atomic E-state index is 0.792. The molecule has 0 atom stereocenters. The predicted molar refractivity (Wildman–Crippen MR) is 212 cm³/mol. The van der Waals surface area contributed by atoms with E-state index in [9.17, 15) is 0 Å². The number of ether oxygens (including phenoxy) is 2. The standard InChI is InChI=1S/C46H62O2/c1-7-9-11-13-15-17-19-21-27-47-37-29-33(3)39-23-25-41-36(6)46-42(35(5)45(41)43(39)31-37)26-24-40-34(4)30-38(32-44(40)46)48-28-22-20-18-16-14-12-10-8-2/h23-26,29-32H,7-22,27-28H2,1-6H3. The van der Waals surface area contributed by atoms with Crippen molar-refractivity contribution in [1.29, 1.82) is 0 Å². The summed E-state index contributed by atoms with van der Waals surface area (Å²) in [6, 6.07) is 18.4. The summed E-state index contributed by atoms with van der Waals surface area (Å²) in [6.45, 7) is 15.2. The average Bonchev–Trinajstić information content (AvgIpc) is 3.08. The van der Waals surface area contributed by atoms with E-state index in [0.29, 0.717) is 0 Å². The van der Waals surface area contributed by atoms with Gasteiger partial charge in [-0.1, -0.05) is 128 Å². The average molecular weight is 647 g/mol. The van der Waals surface area contributed by atoms with Crippen molar-refractivity contribution in [3.8, 4) is 11.5 Å². The van der Waals surface area contributed by atoms with Gasteiger partial charge in [0.1, 0.15) is 11.5 Å². The number of hydrogen-bond donors (Lipinski definition) is 0. The molecule has 0 bridgehead atoms. The number of hydrogen-bond acceptors (Lipinski definition) is 2. The van der Waals surface area contributed by atoms with Gasteiger partial charge in [0.25, 0.3) is 0 Å². The highest BCUT2D eigenvalue weighted by Gasteiger charge is 2.17. The maximum Gasteiger partial charge on any atom is 0.120 e. The number of unbranched alkanes of at least 4 members (excludes halogenated alkanes) is 14. The van der Waals surface area contributed by atoms with Gasteiger partial charge in [-0.25, -0.2) is 0 Å². The second kappa shape index (κ2) is 17.9. The molecule has 0 heterocycles. The molecule has 0 spiro atoms. The molecule has 0 amide bonds. The smallest absolute Gasteiger partial charge is 0.120 e. The molecule has 5 rings (SSSR count). The van der Waals surface area contributed by atoms with Gasteiger partial charge in [-0.3, -0.25) is 0 Å². The van der Waals surface area contributed by atoms with E-state index >= 15 is 0 Å². The summed E-state index contributed by atoms with van der Waals surface area (Å²) in [5, 5.41) is 10.6. The summed E-state index contributed by atoms with van der Waals surface area (Å²) in [5.41, 5.74) is 5.26. The lowest BCUT2D eigenvalue weighted by Gasteiger charge is -2.19. The van der Waals surface area contributed by atoms with E-state index in [1.807, 2.05) is 0 Å². The molecule has 0 saturated carbocycles. The molecular formula is C46H62O2. The Labute approximate surface area is 291 Å². The summed E-state index contributed by atoms with van der Waals surface area (Å²) in [7, 11) is 0. The molecule has 48 heavy (non-hydrogen) atoms. The van der Waals surface area contributed by atoms with E-state index in [2.05, 4.69) is 90.1 Å². The number of rotatable bonds is 20. The topological polar surface area (TPSA) is 18.5 Å². The van der Waals surface area contributed by atoms with Crippen LogP contribution in [-0.4, -0.2) is 13.2 Å². The van der Waals surface area contributed by atoms with Crippen LogP contribution in [0, 0.1) is 27.7 Å². The lowest BCUT2D eigenvalue weighted by molar-refractivity contribution is 0.304. The van der Waals surface area contributed by atoms with E-state index in [0.717, 1.165) is 37.6 Å². The molecule has 5 aromatic rings. The Hall–Kier alpha value is -3.26. The fourth-order valence-corrected chi connectivity index (χ4v) is 7.90. The molecule has 0 fully saturated rings. The van der Waals surface area contributed by atoms with Crippen LogP contribution in [-0.2, 0) is 0 Å². The molecule has 0 N–H and O–H groups in total. The minimum Gasteiger partial charge on any atom is -0.494 e. The molecule has 0 saturated heterocycles. The van der Waals surface area contributed by atoms with Crippen LogP contribution in [0.2, 0.25) is 0 Å². The zero-order valence-electron chi connectivity index (χ0n) is 31.2. The van der Waals surface area contributed by atoms with Crippen molar-refractivity contribution >= 4 is 43.1 Å². The zero-order chi connectivity index (χ0) is 33.9. The largest absolute Gasteiger partial charge is 0.494 e. The lowest BCUT2D eigenvalue weighted by atomic mass is 9.86. The monoisotopic (exact) mass is 646 g/mol. The Bertz CT molecular complexity index is 1660. The first-order valence-corrected chi connectivity index (χ1v) is 19.5. The molecular weight excluding hydrogens is 585 g/mol. The molecule has 0 radical (unpaired) electrons. The Morgan fingerprint density at radius 2 is 0.708 bits per heavy atom. The minimum atomic E-state index is 0.792. The van der Waals surface area contributed by atoms with E-state index in [1.54, 1.807) is 0 Å². The van der Waals surface area contributed by atoms with Gasteiger partial charge < -0.3 is 9.47 Å². The van der Waals surface area contributed by atoms with Crippen molar-refractivity contribution in [2.24, 2.45) is 0 Å². The summed E-state index contributed by atoms with van der Waals surface area (Å²) in [5.74, 6) is 2.00. The van der Waals surface area contributed by atoms with Gasteiger partial charge in [0, 0.05) is 0 Å². The normalized spacial score (nSPS) is 11.8. The van der Waals surface area contributed by atoms with E-state index in [4.69, 9.17) is 9.47 Å². The Morgan fingerprint density at radius 3 is 1.08 bits per heavy atom. The fraction of sp³-hybridized carbons (Fsp3) is 0.522. The van der Waals surface area contributed by atoms with Crippen molar-refractivity contribution in [3.05, 3.63) is 70.8 Å². The Morgan fingerprint density at radius 1 is 0.375 bits per heavy atom. The first kappa shape index (κ1) is 36.0. The second-order valence-electron chi connectivity index (χ2n) is 14.5. The van der Waals surface area contributed by atoms with Crippen LogP contribution >= 0.6 is 0 Å². The molecule has 2 nitrogen and oxygen atoms in total. The van der Waals surface area contributed by atoms with Crippen molar-refractivity contribution in [1.82, 2.24) is 0 Å². The van der Waals surface area contributed by atoms with Crippen LogP contribution in [0.1, 0.15) is 139 Å².